The van der Waals surface area contributed by atoms with E-state index in [2.05, 4.69) is 10.6 Å². The summed E-state index contributed by atoms with van der Waals surface area (Å²) in [5.74, 6) is -0.831. The van der Waals surface area contributed by atoms with E-state index in [4.69, 9.17) is 4.74 Å². The predicted octanol–water partition coefficient (Wildman–Crippen LogP) is 3.70. The number of esters is 1. The van der Waals surface area contributed by atoms with Crippen molar-refractivity contribution in [1.29, 1.82) is 0 Å². The second-order valence-electron chi connectivity index (χ2n) is 6.71. The molecule has 0 saturated heterocycles. The number of carbonyl (C=O) groups is 3. The van der Waals surface area contributed by atoms with E-state index >= 15 is 0 Å². The quantitative estimate of drug-likeness (QED) is 0.351. The number of ether oxygens (including phenoxy) is 1. The minimum absolute atomic E-state index is 0.102. The van der Waals surface area contributed by atoms with E-state index in [0.29, 0.717) is 23.4 Å². The van der Waals surface area contributed by atoms with Gasteiger partial charge in [0.1, 0.15) is 11.4 Å². The van der Waals surface area contributed by atoms with Gasteiger partial charge in [-0.1, -0.05) is 60.7 Å². The summed E-state index contributed by atoms with van der Waals surface area (Å²) >= 11 is 0. The van der Waals surface area contributed by atoms with Crippen LogP contribution in [0.2, 0.25) is 0 Å². The first-order valence-electron chi connectivity index (χ1n) is 9.70. The van der Waals surface area contributed by atoms with Crippen LogP contribution in [0.15, 0.2) is 90.6 Å². The molecule has 0 heterocycles. The largest absolute Gasteiger partial charge is 0.427 e. The maximum absolute atomic E-state index is 12.8. The second kappa shape index (κ2) is 10.5. The Balaban J connectivity index is 1.80. The fraction of sp³-hybridized carbons (Fsp3) is 0.0800. The molecule has 0 aromatic heterocycles. The van der Waals surface area contributed by atoms with Gasteiger partial charge in [0.25, 0.3) is 11.8 Å². The van der Waals surface area contributed by atoms with Crippen LogP contribution < -0.4 is 15.4 Å². The zero-order chi connectivity index (χ0) is 22.1. The topological polar surface area (TPSA) is 84.5 Å². The summed E-state index contributed by atoms with van der Waals surface area (Å²) in [5, 5.41) is 5.51. The predicted molar refractivity (Wildman–Crippen MR) is 118 cm³/mol. The van der Waals surface area contributed by atoms with Gasteiger partial charge in [-0.05, 0) is 41.5 Å². The molecule has 2 amide bonds. The normalized spacial score (nSPS) is 10.8. The summed E-state index contributed by atoms with van der Waals surface area (Å²) < 4.78 is 5.02. The van der Waals surface area contributed by atoms with E-state index in [1.807, 2.05) is 36.4 Å². The van der Waals surface area contributed by atoms with Crippen molar-refractivity contribution >= 4 is 23.9 Å². The summed E-state index contributed by atoms with van der Waals surface area (Å²) in [6.45, 7) is 1.64. The first-order valence-corrected chi connectivity index (χ1v) is 9.70. The van der Waals surface area contributed by atoms with Gasteiger partial charge < -0.3 is 15.4 Å². The van der Waals surface area contributed by atoms with Crippen molar-refractivity contribution in [3.63, 3.8) is 0 Å². The molecule has 0 aliphatic carbocycles. The van der Waals surface area contributed by atoms with E-state index in [1.54, 1.807) is 54.6 Å². The molecule has 156 valence electrons. The molecule has 0 aliphatic heterocycles. The van der Waals surface area contributed by atoms with Crippen LogP contribution in [0.4, 0.5) is 0 Å². The highest BCUT2D eigenvalue weighted by molar-refractivity contribution is 6.05. The van der Waals surface area contributed by atoms with Crippen LogP contribution in [0.1, 0.15) is 28.4 Å². The van der Waals surface area contributed by atoms with Gasteiger partial charge in [-0.25, -0.2) is 0 Å². The van der Waals surface area contributed by atoms with Gasteiger partial charge in [0.2, 0.25) is 0 Å². The van der Waals surface area contributed by atoms with E-state index in [-0.39, 0.29) is 5.70 Å². The van der Waals surface area contributed by atoms with Crippen molar-refractivity contribution in [2.75, 3.05) is 0 Å². The van der Waals surface area contributed by atoms with Crippen LogP contribution in [-0.2, 0) is 16.1 Å². The van der Waals surface area contributed by atoms with Gasteiger partial charge in [-0.15, -0.1) is 0 Å². The van der Waals surface area contributed by atoms with E-state index in [1.165, 1.54) is 6.92 Å². The molecule has 31 heavy (non-hydrogen) atoms. The zero-order valence-corrected chi connectivity index (χ0v) is 17.0. The molecule has 0 radical (unpaired) electrons. The Morgan fingerprint density at radius 2 is 1.45 bits per heavy atom. The molecule has 0 atom stereocenters. The third kappa shape index (κ3) is 6.68. The van der Waals surface area contributed by atoms with E-state index in [9.17, 15) is 14.4 Å². The number of hydrogen-bond acceptors (Lipinski definition) is 4. The monoisotopic (exact) mass is 414 g/mol. The molecule has 2 N–H and O–H groups in total. The molecule has 0 bridgehead atoms. The number of nitrogens with one attached hydrogen (secondary N) is 2. The summed E-state index contributed by atoms with van der Waals surface area (Å²) in [6, 6.07) is 24.8. The van der Waals surface area contributed by atoms with Crippen LogP contribution in [0.3, 0.4) is 0 Å². The lowest BCUT2D eigenvalue weighted by Gasteiger charge is -2.12. The van der Waals surface area contributed by atoms with Crippen molar-refractivity contribution in [3.8, 4) is 5.75 Å². The van der Waals surface area contributed by atoms with Crippen molar-refractivity contribution in [2.24, 2.45) is 0 Å². The molecular formula is C25H22N2O4. The Bertz CT molecular complexity index is 1080. The molecule has 0 saturated carbocycles. The molecule has 6 nitrogen and oxygen atoms in total. The van der Waals surface area contributed by atoms with Crippen LogP contribution in [-0.4, -0.2) is 17.8 Å². The number of amides is 2. The fourth-order valence-electron chi connectivity index (χ4n) is 2.78. The van der Waals surface area contributed by atoms with Gasteiger partial charge in [0.05, 0.1) is 0 Å². The molecule has 0 aliphatic rings. The summed E-state index contributed by atoms with van der Waals surface area (Å²) in [4.78, 5) is 36.5. The third-order valence-corrected chi connectivity index (χ3v) is 4.28. The summed E-state index contributed by atoms with van der Waals surface area (Å²) in [7, 11) is 0. The van der Waals surface area contributed by atoms with Crippen molar-refractivity contribution in [3.05, 3.63) is 107 Å². The Kier molecular flexibility index (Phi) is 7.32. The Labute approximate surface area is 180 Å². The Hall–Kier alpha value is -4.19. The smallest absolute Gasteiger partial charge is 0.308 e. The fourth-order valence-corrected chi connectivity index (χ4v) is 2.78. The average Bonchev–Trinajstić information content (AvgIpc) is 2.79. The molecule has 0 spiro atoms. The van der Waals surface area contributed by atoms with Crippen molar-refractivity contribution < 1.29 is 19.1 Å². The van der Waals surface area contributed by atoms with Gasteiger partial charge >= 0.3 is 5.97 Å². The number of rotatable bonds is 7. The molecule has 3 aromatic carbocycles. The lowest BCUT2D eigenvalue weighted by Crippen LogP contribution is -2.34. The lowest BCUT2D eigenvalue weighted by atomic mass is 10.1. The number of benzene rings is 3. The first kappa shape index (κ1) is 21.5. The SMILES string of the molecule is CC(=O)Oc1ccc(C=C(NC(=O)c2ccccc2)C(=O)NCc2ccccc2)cc1. The minimum atomic E-state index is -0.419. The molecule has 0 unspecified atom stereocenters. The maximum Gasteiger partial charge on any atom is 0.308 e. The van der Waals surface area contributed by atoms with E-state index in [0.717, 1.165) is 5.56 Å². The van der Waals surface area contributed by atoms with Crippen LogP contribution in [0, 0.1) is 0 Å². The summed E-state index contributed by atoms with van der Waals surface area (Å²) in [5.41, 5.74) is 2.14. The van der Waals surface area contributed by atoms with Gasteiger partial charge in [-0.3, -0.25) is 14.4 Å². The Morgan fingerprint density at radius 1 is 0.839 bits per heavy atom. The first-order chi connectivity index (χ1) is 15.0. The Morgan fingerprint density at radius 3 is 2.06 bits per heavy atom. The standard InChI is InChI=1S/C25H22N2O4/c1-18(28)31-22-14-12-19(13-15-22)16-23(27-24(29)21-10-6-3-7-11-21)25(30)26-17-20-8-4-2-5-9-20/h2-16H,17H2,1H3,(H,26,30)(H,27,29). The second-order valence-corrected chi connectivity index (χ2v) is 6.71. The van der Waals surface area contributed by atoms with Crippen LogP contribution in [0.5, 0.6) is 5.75 Å². The zero-order valence-electron chi connectivity index (χ0n) is 17.0. The lowest BCUT2D eigenvalue weighted by molar-refractivity contribution is -0.131. The molecule has 3 aromatic rings. The van der Waals surface area contributed by atoms with Gasteiger partial charge in [-0.2, -0.15) is 0 Å². The van der Waals surface area contributed by atoms with Gasteiger partial charge in [0, 0.05) is 19.0 Å². The highest BCUT2D eigenvalue weighted by Crippen LogP contribution is 2.15. The average molecular weight is 414 g/mol. The number of carbonyl (C=O) groups excluding carboxylic acids is 3. The highest BCUT2D eigenvalue weighted by Gasteiger charge is 2.14. The van der Waals surface area contributed by atoms with E-state index < -0.39 is 17.8 Å². The van der Waals surface area contributed by atoms with Crippen molar-refractivity contribution in [1.82, 2.24) is 10.6 Å². The molecule has 6 heteroatoms. The van der Waals surface area contributed by atoms with Crippen LogP contribution in [0.25, 0.3) is 6.08 Å². The van der Waals surface area contributed by atoms with Gasteiger partial charge in [0.15, 0.2) is 0 Å². The summed E-state index contributed by atoms with van der Waals surface area (Å²) in [6.07, 6.45) is 1.57. The molecule has 0 fully saturated rings. The van der Waals surface area contributed by atoms with Crippen LogP contribution >= 0.6 is 0 Å². The highest BCUT2D eigenvalue weighted by atomic mass is 16.5. The number of hydrogen-bond donors (Lipinski definition) is 2. The maximum atomic E-state index is 12.8. The molecule has 3 rings (SSSR count). The minimum Gasteiger partial charge on any atom is -0.427 e. The van der Waals surface area contributed by atoms with Crippen molar-refractivity contribution in [2.45, 2.75) is 13.5 Å². The third-order valence-electron chi connectivity index (χ3n) is 4.28. The molecular weight excluding hydrogens is 392 g/mol.